The van der Waals surface area contributed by atoms with E-state index in [4.69, 9.17) is 0 Å². The second-order valence-electron chi connectivity index (χ2n) is 5.71. The number of amides is 1. The van der Waals surface area contributed by atoms with Crippen molar-refractivity contribution < 1.29 is 9.18 Å². The van der Waals surface area contributed by atoms with Gasteiger partial charge in [-0.25, -0.2) is 4.39 Å². The molecule has 128 valence electrons. The summed E-state index contributed by atoms with van der Waals surface area (Å²) < 4.78 is 13.7. The van der Waals surface area contributed by atoms with Gasteiger partial charge in [0, 0.05) is 26.7 Å². The first-order valence-electron chi connectivity index (χ1n) is 7.81. The molecule has 1 aromatic carbocycles. The van der Waals surface area contributed by atoms with Crippen LogP contribution in [-0.4, -0.2) is 46.9 Å². The van der Waals surface area contributed by atoms with Crippen molar-refractivity contribution >= 4 is 34.1 Å². The molecule has 8 heteroatoms. The molecule has 1 amide bonds. The molecule has 0 radical (unpaired) electrons. The number of hydrogen-bond donors (Lipinski definition) is 0. The summed E-state index contributed by atoms with van der Waals surface area (Å²) in [7, 11) is 1.75. The minimum Gasteiger partial charge on any atom is -0.347 e. The number of hydrogen-bond acceptors (Lipinski definition) is 6. The number of carbonyl (C=O) groups is 1. The minimum absolute atomic E-state index is 0.0160. The van der Waals surface area contributed by atoms with E-state index in [-0.39, 0.29) is 11.7 Å². The van der Waals surface area contributed by atoms with Gasteiger partial charge in [-0.15, -0.1) is 10.2 Å². The predicted molar refractivity (Wildman–Crippen MR) is 95.0 cm³/mol. The normalized spacial score (nSPS) is 14.2. The third-order valence-electron chi connectivity index (χ3n) is 3.85. The first kappa shape index (κ1) is 17.2. The molecule has 3 rings (SSSR count). The summed E-state index contributed by atoms with van der Waals surface area (Å²) in [5.74, 6) is 0.0717. The van der Waals surface area contributed by atoms with E-state index in [0.717, 1.165) is 28.1 Å². The van der Waals surface area contributed by atoms with Gasteiger partial charge in [0.25, 0.3) is 0 Å². The molecule has 1 fully saturated rings. The van der Waals surface area contributed by atoms with E-state index < -0.39 is 0 Å². The first-order valence-corrected chi connectivity index (χ1v) is 9.62. The van der Waals surface area contributed by atoms with Crippen molar-refractivity contribution in [2.24, 2.45) is 0 Å². The van der Waals surface area contributed by atoms with Gasteiger partial charge in [0.1, 0.15) is 5.82 Å². The van der Waals surface area contributed by atoms with Gasteiger partial charge in [0.2, 0.25) is 11.0 Å². The Morgan fingerprint density at radius 3 is 2.71 bits per heavy atom. The van der Waals surface area contributed by atoms with E-state index in [1.54, 1.807) is 35.4 Å². The molecule has 1 aromatic heterocycles. The molecule has 2 heterocycles. The lowest BCUT2D eigenvalue weighted by atomic mass is 10.2. The third kappa shape index (κ3) is 4.45. The number of thioether (sulfide) groups is 1. The average Bonchev–Trinajstić information content (AvgIpc) is 3.25. The van der Waals surface area contributed by atoms with Gasteiger partial charge < -0.3 is 9.80 Å². The van der Waals surface area contributed by atoms with Crippen LogP contribution in [0, 0.1) is 5.82 Å². The molecule has 1 aliphatic rings. The van der Waals surface area contributed by atoms with Crippen molar-refractivity contribution in [3.05, 3.63) is 35.6 Å². The van der Waals surface area contributed by atoms with Gasteiger partial charge >= 0.3 is 0 Å². The predicted octanol–water partition coefficient (Wildman–Crippen LogP) is 3.03. The van der Waals surface area contributed by atoms with Crippen LogP contribution in [0.4, 0.5) is 9.52 Å². The fraction of sp³-hybridized carbons (Fsp3) is 0.438. The second-order valence-corrected chi connectivity index (χ2v) is 7.89. The zero-order valence-corrected chi connectivity index (χ0v) is 15.1. The Bertz CT molecular complexity index is 686. The van der Waals surface area contributed by atoms with Crippen LogP contribution in [-0.2, 0) is 11.3 Å². The largest absolute Gasteiger partial charge is 0.347 e. The summed E-state index contributed by atoms with van der Waals surface area (Å²) in [6.07, 6.45) is 2.41. The number of halogens is 1. The number of aromatic nitrogens is 2. The monoisotopic (exact) mass is 366 g/mol. The van der Waals surface area contributed by atoms with E-state index in [1.165, 1.54) is 36.7 Å². The maximum atomic E-state index is 12.9. The first-order chi connectivity index (χ1) is 11.6. The molecule has 1 aliphatic heterocycles. The standard InChI is InChI=1S/C16H19FN4OS2/c1-20(10-12-4-6-13(17)7-5-12)14(22)11-23-16-19-18-15(24-16)21-8-2-3-9-21/h4-7H,2-3,8-11H2,1H3. The van der Waals surface area contributed by atoms with Gasteiger partial charge in [0.05, 0.1) is 5.75 Å². The highest BCUT2D eigenvalue weighted by Gasteiger charge is 2.18. The summed E-state index contributed by atoms with van der Waals surface area (Å²) in [6.45, 7) is 2.55. The highest BCUT2D eigenvalue weighted by molar-refractivity contribution is 8.01. The maximum Gasteiger partial charge on any atom is 0.233 e. The van der Waals surface area contributed by atoms with Crippen LogP contribution in [0.2, 0.25) is 0 Å². The van der Waals surface area contributed by atoms with E-state index in [2.05, 4.69) is 15.1 Å². The lowest BCUT2D eigenvalue weighted by molar-refractivity contribution is -0.127. The van der Waals surface area contributed by atoms with Crippen LogP contribution in [0.1, 0.15) is 18.4 Å². The molecular weight excluding hydrogens is 347 g/mol. The molecule has 0 saturated carbocycles. The summed E-state index contributed by atoms with van der Waals surface area (Å²) in [5, 5.41) is 9.32. The van der Waals surface area contributed by atoms with E-state index >= 15 is 0 Å². The van der Waals surface area contributed by atoms with Crippen LogP contribution < -0.4 is 4.90 Å². The Kier molecular flexibility index (Phi) is 5.68. The Labute approximate surface area is 148 Å². The van der Waals surface area contributed by atoms with Crippen LogP contribution in [0.5, 0.6) is 0 Å². The van der Waals surface area contributed by atoms with E-state index in [0.29, 0.717) is 12.3 Å². The molecule has 1 saturated heterocycles. The van der Waals surface area contributed by atoms with Crippen LogP contribution in [0.25, 0.3) is 0 Å². The summed E-state index contributed by atoms with van der Waals surface area (Å²) >= 11 is 2.96. The van der Waals surface area contributed by atoms with Gasteiger partial charge in [-0.1, -0.05) is 35.2 Å². The average molecular weight is 366 g/mol. The molecular formula is C16H19FN4OS2. The number of carbonyl (C=O) groups excluding carboxylic acids is 1. The minimum atomic E-state index is -0.270. The SMILES string of the molecule is CN(Cc1ccc(F)cc1)C(=O)CSc1nnc(N2CCCC2)s1. The highest BCUT2D eigenvalue weighted by Crippen LogP contribution is 2.30. The van der Waals surface area contributed by atoms with Crippen LogP contribution in [0.15, 0.2) is 28.6 Å². The Balaban J connectivity index is 1.48. The quantitative estimate of drug-likeness (QED) is 0.736. The van der Waals surface area contributed by atoms with Crippen molar-refractivity contribution in [3.63, 3.8) is 0 Å². The van der Waals surface area contributed by atoms with Crippen LogP contribution >= 0.6 is 23.1 Å². The molecule has 5 nitrogen and oxygen atoms in total. The lowest BCUT2D eigenvalue weighted by Crippen LogP contribution is -2.27. The lowest BCUT2D eigenvalue weighted by Gasteiger charge is -2.16. The smallest absolute Gasteiger partial charge is 0.233 e. The van der Waals surface area contributed by atoms with Crippen molar-refractivity contribution in [3.8, 4) is 0 Å². The summed E-state index contributed by atoms with van der Waals surface area (Å²) in [4.78, 5) is 16.1. The highest BCUT2D eigenvalue weighted by atomic mass is 32.2. The summed E-state index contributed by atoms with van der Waals surface area (Å²) in [6, 6.07) is 6.20. The van der Waals surface area contributed by atoms with Crippen molar-refractivity contribution in [1.29, 1.82) is 0 Å². The molecule has 0 spiro atoms. The van der Waals surface area contributed by atoms with Gasteiger partial charge in [-0.05, 0) is 30.5 Å². The van der Waals surface area contributed by atoms with Crippen molar-refractivity contribution in [2.75, 3.05) is 30.8 Å². The second kappa shape index (κ2) is 7.94. The summed E-state index contributed by atoms with van der Waals surface area (Å²) in [5.41, 5.74) is 0.907. The van der Waals surface area contributed by atoms with Gasteiger partial charge in [0.15, 0.2) is 4.34 Å². The molecule has 2 aromatic rings. The topological polar surface area (TPSA) is 49.3 Å². The van der Waals surface area contributed by atoms with Crippen molar-refractivity contribution in [2.45, 2.75) is 23.7 Å². The molecule has 0 unspecified atom stereocenters. The Hall–Kier alpha value is -1.67. The van der Waals surface area contributed by atoms with E-state index in [1.807, 2.05) is 0 Å². The zero-order valence-electron chi connectivity index (χ0n) is 13.4. The third-order valence-corrected chi connectivity index (χ3v) is 5.95. The Morgan fingerprint density at radius 1 is 1.29 bits per heavy atom. The van der Waals surface area contributed by atoms with Crippen molar-refractivity contribution in [1.82, 2.24) is 15.1 Å². The van der Waals surface area contributed by atoms with E-state index in [9.17, 15) is 9.18 Å². The van der Waals surface area contributed by atoms with Crippen LogP contribution in [0.3, 0.4) is 0 Å². The van der Waals surface area contributed by atoms with Gasteiger partial charge in [-0.2, -0.15) is 0 Å². The zero-order chi connectivity index (χ0) is 16.9. The maximum absolute atomic E-state index is 12.9. The molecule has 0 N–H and O–H groups in total. The molecule has 24 heavy (non-hydrogen) atoms. The number of rotatable bonds is 6. The molecule has 0 bridgehead atoms. The number of anilines is 1. The fourth-order valence-corrected chi connectivity index (χ4v) is 4.32. The molecule has 0 atom stereocenters. The van der Waals surface area contributed by atoms with Gasteiger partial charge in [-0.3, -0.25) is 4.79 Å². The number of nitrogens with zero attached hydrogens (tertiary/aromatic N) is 4. The molecule has 0 aliphatic carbocycles. The fourth-order valence-electron chi connectivity index (χ4n) is 2.48. The Morgan fingerprint density at radius 2 is 2.00 bits per heavy atom. The number of benzene rings is 1.